The molecule has 1 spiro atoms. The Morgan fingerprint density at radius 1 is 1.06 bits per heavy atom. The molecule has 3 rings (SSSR count). The topological polar surface area (TPSA) is 105 Å². The van der Waals surface area contributed by atoms with Crippen LogP contribution < -0.4 is 10.6 Å². The second-order valence-electron chi connectivity index (χ2n) is 9.61. The number of aryl methyl sites for hydroxylation is 1. The maximum atomic E-state index is 13.6. The molecule has 0 radical (unpaired) electrons. The molecule has 1 aliphatic carbocycles. The predicted molar refractivity (Wildman–Crippen MR) is 126 cm³/mol. The molecule has 3 N–H and O–H groups in total. The molecule has 33 heavy (non-hydrogen) atoms. The van der Waals surface area contributed by atoms with Gasteiger partial charge >= 0.3 is 11.9 Å². The van der Waals surface area contributed by atoms with Crippen LogP contribution in [0, 0.1) is 0 Å². The molecular formula is C26H38N2O5. The van der Waals surface area contributed by atoms with Gasteiger partial charge in [-0.15, -0.1) is 0 Å². The Bertz CT molecular complexity index is 816. The van der Waals surface area contributed by atoms with Crippen molar-refractivity contribution in [2.75, 3.05) is 6.61 Å². The number of carbonyl (C=O) groups is 3. The summed E-state index contributed by atoms with van der Waals surface area (Å²) in [7, 11) is 0. The summed E-state index contributed by atoms with van der Waals surface area (Å²) < 4.78 is 5.24. The molecule has 7 nitrogen and oxygen atoms in total. The molecule has 1 aromatic rings. The fourth-order valence-electron chi connectivity index (χ4n) is 5.54. The van der Waals surface area contributed by atoms with E-state index in [2.05, 4.69) is 10.6 Å². The number of rotatable bonds is 10. The minimum absolute atomic E-state index is 0.244. The molecule has 1 saturated heterocycles. The number of ketones is 1. The molecule has 1 aliphatic heterocycles. The van der Waals surface area contributed by atoms with Crippen molar-refractivity contribution < 1.29 is 24.2 Å². The van der Waals surface area contributed by atoms with E-state index < -0.39 is 35.3 Å². The summed E-state index contributed by atoms with van der Waals surface area (Å²) >= 11 is 0. The van der Waals surface area contributed by atoms with E-state index in [1.807, 2.05) is 30.3 Å². The standard InChI is InChI=1S/C26H38N2O5/c1-3-33-23(30)21(14-13-20-11-6-4-7-12-20)27-19(2)22(29)26(24(31)32)18-10-17-25(28-26)15-8-5-9-16-25/h4,6-7,11-12,19,21,27-28H,3,5,8-10,13-18H2,1-2H3,(H,31,32)/t19-,21?,26?/m0/s1. The lowest BCUT2D eigenvalue weighted by atomic mass is 9.69. The number of nitrogens with one attached hydrogen (secondary N) is 2. The summed E-state index contributed by atoms with van der Waals surface area (Å²) in [6, 6.07) is 8.31. The Kier molecular flexibility index (Phi) is 8.65. The maximum absolute atomic E-state index is 13.6. The third-order valence-corrected chi connectivity index (χ3v) is 7.26. The molecule has 182 valence electrons. The lowest BCUT2D eigenvalue weighted by Crippen LogP contribution is -2.71. The summed E-state index contributed by atoms with van der Waals surface area (Å²) in [4.78, 5) is 38.7. The van der Waals surface area contributed by atoms with E-state index in [-0.39, 0.29) is 18.6 Å². The fraction of sp³-hybridized carbons (Fsp3) is 0.654. The third kappa shape index (κ3) is 6.01. The van der Waals surface area contributed by atoms with Gasteiger partial charge in [-0.25, -0.2) is 4.79 Å². The van der Waals surface area contributed by atoms with Gasteiger partial charge in [0.1, 0.15) is 6.04 Å². The molecule has 1 aromatic carbocycles. The van der Waals surface area contributed by atoms with Gasteiger partial charge < -0.3 is 9.84 Å². The summed E-state index contributed by atoms with van der Waals surface area (Å²) in [6.45, 7) is 3.65. The molecule has 3 atom stereocenters. The first-order valence-corrected chi connectivity index (χ1v) is 12.4. The molecule has 0 aromatic heterocycles. The normalized spacial score (nSPS) is 24.1. The van der Waals surface area contributed by atoms with Gasteiger partial charge in [-0.05, 0) is 64.4 Å². The molecule has 2 fully saturated rings. The zero-order chi connectivity index (χ0) is 23.9. The fourth-order valence-corrected chi connectivity index (χ4v) is 5.54. The van der Waals surface area contributed by atoms with Crippen molar-refractivity contribution in [3.8, 4) is 0 Å². The number of benzene rings is 1. The summed E-state index contributed by atoms with van der Waals surface area (Å²) in [6.07, 6.45) is 8.03. The van der Waals surface area contributed by atoms with Crippen LogP contribution in [-0.2, 0) is 25.5 Å². The SMILES string of the molecule is CCOC(=O)C(CCc1ccccc1)N[C@@H](C)C(=O)C1(C(=O)O)CCCC2(CCCCC2)N1. The second-order valence-corrected chi connectivity index (χ2v) is 9.61. The van der Waals surface area contributed by atoms with Crippen LogP contribution in [0.2, 0.25) is 0 Å². The second kappa shape index (κ2) is 11.3. The van der Waals surface area contributed by atoms with Gasteiger partial charge in [-0.3, -0.25) is 20.2 Å². The highest BCUT2D eigenvalue weighted by Gasteiger charge is 2.54. The van der Waals surface area contributed by atoms with E-state index in [1.165, 1.54) is 0 Å². The van der Waals surface area contributed by atoms with E-state index in [4.69, 9.17) is 4.74 Å². The number of carboxylic acid groups (broad SMARTS) is 1. The van der Waals surface area contributed by atoms with E-state index >= 15 is 0 Å². The van der Waals surface area contributed by atoms with E-state index in [1.54, 1.807) is 13.8 Å². The lowest BCUT2D eigenvalue weighted by molar-refractivity contribution is -0.155. The molecule has 2 unspecified atom stereocenters. The largest absolute Gasteiger partial charge is 0.480 e. The highest BCUT2D eigenvalue weighted by molar-refractivity contribution is 6.10. The molecule has 0 bridgehead atoms. The zero-order valence-electron chi connectivity index (χ0n) is 19.9. The number of hydrogen-bond acceptors (Lipinski definition) is 6. The molecule has 7 heteroatoms. The van der Waals surface area contributed by atoms with Crippen LogP contribution in [-0.4, -0.2) is 52.6 Å². The molecule has 0 amide bonds. The first-order chi connectivity index (χ1) is 15.8. The number of Topliss-reactive ketones (excluding diaryl/α,β-unsaturated/α-hetero) is 1. The van der Waals surface area contributed by atoms with Crippen LogP contribution in [0.15, 0.2) is 30.3 Å². The summed E-state index contributed by atoms with van der Waals surface area (Å²) in [5.74, 6) is -1.95. The van der Waals surface area contributed by atoms with E-state index in [9.17, 15) is 19.5 Å². The van der Waals surface area contributed by atoms with Crippen LogP contribution >= 0.6 is 0 Å². The van der Waals surface area contributed by atoms with Crippen LogP contribution in [0.5, 0.6) is 0 Å². The number of carboxylic acids is 1. The lowest BCUT2D eigenvalue weighted by Gasteiger charge is -2.49. The average Bonchev–Trinajstić information content (AvgIpc) is 2.82. The summed E-state index contributed by atoms with van der Waals surface area (Å²) in [5.41, 5.74) is -0.818. The quantitative estimate of drug-likeness (QED) is 0.365. The minimum atomic E-state index is -1.62. The van der Waals surface area contributed by atoms with Gasteiger partial charge in [0.15, 0.2) is 11.3 Å². The summed E-state index contributed by atoms with van der Waals surface area (Å²) in [5, 5.41) is 16.7. The first kappa shape index (κ1) is 25.4. The van der Waals surface area contributed by atoms with E-state index in [0.717, 1.165) is 44.1 Å². The van der Waals surface area contributed by atoms with Crippen molar-refractivity contribution in [1.82, 2.24) is 10.6 Å². The van der Waals surface area contributed by atoms with Gasteiger partial charge in [0, 0.05) is 5.54 Å². The van der Waals surface area contributed by atoms with Crippen molar-refractivity contribution in [3.05, 3.63) is 35.9 Å². The average molecular weight is 459 g/mol. The zero-order valence-corrected chi connectivity index (χ0v) is 19.9. The highest BCUT2D eigenvalue weighted by atomic mass is 16.5. The van der Waals surface area contributed by atoms with Gasteiger partial charge in [0.05, 0.1) is 12.6 Å². The molecule has 2 aliphatic rings. The first-order valence-electron chi connectivity index (χ1n) is 12.4. The maximum Gasteiger partial charge on any atom is 0.331 e. The predicted octanol–water partition coefficient (Wildman–Crippen LogP) is 3.40. The molecule has 1 heterocycles. The third-order valence-electron chi connectivity index (χ3n) is 7.26. The van der Waals surface area contributed by atoms with Crippen molar-refractivity contribution in [2.45, 2.75) is 101 Å². The Labute approximate surface area is 196 Å². The van der Waals surface area contributed by atoms with E-state index in [0.29, 0.717) is 19.3 Å². The van der Waals surface area contributed by atoms with Crippen molar-refractivity contribution in [3.63, 3.8) is 0 Å². The van der Waals surface area contributed by atoms with Crippen LogP contribution in [0.25, 0.3) is 0 Å². The smallest absolute Gasteiger partial charge is 0.331 e. The molecular weight excluding hydrogens is 420 g/mol. The highest BCUT2D eigenvalue weighted by Crippen LogP contribution is 2.40. The van der Waals surface area contributed by atoms with Crippen molar-refractivity contribution in [2.24, 2.45) is 0 Å². The van der Waals surface area contributed by atoms with Gasteiger partial charge in [-0.1, -0.05) is 49.6 Å². The van der Waals surface area contributed by atoms with Crippen LogP contribution in [0.3, 0.4) is 0 Å². The number of carbonyl (C=O) groups excluding carboxylic acids is 2. The Morgan fingerprint density at radius 2 is 1.73 bits per heavy atom. The monoisotopic (exact) mass is 458 g/mol. The Hall–Kier alpha value is -2.25. The number of aliphatic carboxylic acids is 1. The van der Waals surface area contributed by atoms with Crippen molar-refractivity contribution >= 4 is 17.7 Å². The van der Waals surface area contributed by atoms with Gasteiger partial charge in [-0.2, -0.15) is 0 Å². The molecule has 1 saturated carbocycles. The van der Waals surface area contributed by atoms with Crippen LogP contribution in [0.4, 0.5) is 0 Å². The minimum Gasteiger partial charge on any atom is -0.480 e. The van der Waals surface area contributed by atoms with Crippen molar-refractivity contribution in [1.29, 1.82) is 0 Å². The van der Waals surface area contributed by atoms with Gasteiger partial charge in [0.2, 0.25) is 0 Å². The van der Waals surface area contributed by atoms with Gasteiger partial charge in [0.25, 0.3) is 0 Å². The van der Waals surface area contributed by atoms with Crippen LogP contribution in [0.1, 0.15) is 77.2 Å². The number of ether oxygens (including phenoxy) is 1. The number of piperidine rings is 1. The Morgan fingerprint density at radius 3 is 2.36 bits per heavy atom. The number of hydrogen-bond donors (Lipinski definition) is 3. The number of esters is 1. The Balaban J connectivity index is 1.74.